The van der Waals surface area contributed by atoms with Gasteiger partial charge in [-0.1, -0.05) is 23.7 Å². The van der Waals surface area contributed by atoms with Crippen molar-refractivity contribution in [3.05, 3.63) is 34.3 Å². The minimum absolute atomic E-state index is 0.0157. The van der Waals surface area contributed by atoms with Gasteiger partial charge in [-0.05, 0) is 37.5 Å². The van der Waals surface area contributed by atoms with Gasteiger partial charge in [-0.2, -0.15) is 0 Å². The van der Waals surface area contributed by atoms with Crippen LogP contribution in [0.15, 0.2) is 18.2 Å². The number of nitrogens with two attached hydrogens (primary N) is 1. The Morgan fingerprint density at radius 3 is 2.67 bits per heavy atom. The second-order valence-electron chi connectivity index (χ2n) is 3.90. The van der Waals surface area contributed by atoms with Gasteiger partial charge in [0.2, 0.25) is 0 Å². The summed E-state index contributed by atoms with van der Waals surface area (Å²) in [5.74, 6) is 0. The first-order valence-electron chi connectivity index (χ1n) is 5.09. The number of halogens is 1. The van der Waals surface area contributed by atoms with E-state index in [1.807, 2.05) is 32.0 Å². The molecule has 0 amide bonds. The van der Waals surface area contributed by atoms with Crippen molar-refractivity contribution in [2.75, 3.05) is 7.11 Å². The zero-order valence-electron chi connectivity index (χ0n) is 9.46. The summed E-state index contributed by atoms with van der Waals surface area (Å²) >= 11 is 6.04. The Bertz CT molecular complexity index is 327. The molecule has 0 saturated heterocycles. The Morgan fingerprint density at radius 1 is 1.47 bits per heavy atom. The molecular weight excluding hydrogens is 210 g/mol. The van der Waals surface area contributed by atoms with Crippen molar-refractivity contribution in [3.8, 4) is 0 Å². The van der Waals surface area contributed by atoms with E-state index >= 15 is 0 Å². The lowest BCUT2D eigenvalue weighted by Crippen LogP contribution is -2.18. The van der Waals surface area contributed by atoms with Crippen molar-refractivity contribution < 1.29 is 4.74 Å². The summed E-state index contributed by atoms with van der Waals surface area (Å²) in [6.07, 6.45) is 0.968. The van der Waals surface area contributed by atoms with Crippen molar-refractivity contribution >= 4 is 11.6 Å². The summed E-state index contributed by atoms with van der Waals surface area (Å²) in [6, 6.07) is 5.94. The van der Waals surface area contributed by atoms with Crippen molar-refractivity contribution in [2.45, 2.75) is 32.4 Å². The maximum atomic E-state index is 6.05. The zero-order chi connectivity index (χ0) is 11.4. The van der Waals surface area contributed by atoms with E-state index in [4.69, 9.17) is 22.1 Å². The predicted octanol–water partition coefficient (Wildman–Crippen LogP) is 3.07. The van der Waals surface area contributed by atoms with Gasteiger partial charge in [0.1, 0.15) is 0 Å². The smallest absolute Gasteiger partial charge is 0.0561 e. The van der Waals surface area contributed by atoms with Gasteiger partial charge in [-0.15, -0.1) is 0 Å². The molecule has 0 heterocycles. The van der Waals surface area contributed by atoms with E-state index in [9.17, 15) is 0 Å². The SMILES string of the molecule is COC(C)CC(N)c1ccc(C)c(Cl)c1. The average molecular weight is 228 g/mol. The highest BCUT2D eigenvalue weighted by atomic mass is 35.5. The minimum Gasteiger partial charge on any atom is -0.382 e. The molecule has 1 aromatic rings. The first-order valence-corrected chi connectivity index (χ1v) is 5.46. The summed E-state index contributed by atoms with van der Waals surface area (Å²) in [4.78, 5) is 0. The third-order valence-corrected chi connectivity index (χ3v) is 3.02. The molecule has 0 spiro atoms. The Labute approximate surface area is 96.4 Å². The number of methoxy groups -OCH3 is 1. The first kappa shape index (κ1) is 12.5. The molecule has 3 heteroatoms. The minimum atomic E-state index is -0.0157. The lowest BCUT2D eigenvalue weighted by Gasteiger charge is -2.17. The van der Waals surface area contributed by atoms with Gasteiger partial charge in [0.25, 0.3) is 0 Å². The molecule has 0 fully saturated rings. The fourth-order valence-electron chi connectivity index (χ4n) is 1.43. The maximum absolute atomic E-state index is 6.05. The third-order valence-electron chi connectivity index (χ3n) is 2.61. The summed E-state index contributed by atoms with van der Waals surface area (Å²) in [6.45, 7) is 3.99. The second-order valence-corrected chi connectivity index (χ2v) is 4.30. The molecular formula is C12H18ClNO. The van der Waals surface area contributed by atoms with Gasteiger partial charge in [0.05, 0.1) is 6.10 Å². The molecule has 84 valence electrons. The van der Waals surface area contributed by atoms with Crippen LogP contribution >= 0.6 is 11.6 Å². The largest absolute Gasteiger partial charge is 0.382 e. The molecule has 0 aliphatic heterocycles. The predicted molar refractivity (Wildman–Crippen MR) is 64.2 cm³/mol. The molecule has 0 aliphatic rings. The van der Waals surface area contributed by atoms with Crippen LogP contribution < -0.4 is 5.73 Å². The number of ether oxygens (including phenoxy) is 1. The van der Waals surface area contributed by atoms with E-state index in [0.29, 0.717) is 0 Å². The van der Waals surface area contributed by atoms with E-state index in [1.165, 1.54) is 0 Å². The molecule has 0 bridgehead atoms. The lowest BCUT2D eigenvalue weighted by atomic mass is 10.0. The highest BCUT2D eigenvalue weighted by molar-refractivity contribution is 6.31. The van der Waals surface area contributed by atoms with E-state index in [1.54, 1.807) is 7.11 Å². The van der Waals surface area contributed by atoms with Gasteiger partial charge in [0.15, 0.2) is 0 Å². The normalized spacial score (nSPS) is 15.0. The summed E-state index contributed by atoms with van der Waals surface area (Å²) in [7, 11) is 1.69. The quantitative estimate of drug-likeness (QED) is 0.858. The molecule has 2 nitrogen and oxygen atoms in total. The lowest BCUT2D eigenvalue weighted by molar-refractivity contribution is 0.104. The monoisotopic (exact) mass is 227 g/mol. The molecule has 0 saturated carbocycles. The Morgan fingerprint density at radius 2 is 2.13 bits per heavy atom. The van der Waals surface area contributed by atoms with Crippen LogP contribution in [-0.2, 0) is 4.74 Å². The van der Waals surface area contributed by atoms with Crippen molar-refractivity contribution in [1.29, 1.82) is 0 Å². The van der Waals surface area contributed by atoms with E-state index in [2.05, 4.69) is 0 Å². The molecule has 15 heavy (non-hydrogen) atoms. The second kappa shape index (κ2) is 5.50. The number of aryl methyl sites for hydroxylation is 1. The van der Waals surface area contributed by atoms with E-state index < -0.39 is 0 Å². The molecule has 0 aromatic heterocycles. The molecule has 2 atom stereocenters. The summed E-state index contributed by atoms with van der Waals surface area (Å²) in [5.41, 5.74) is 8.19. The fourth-order valence-corrected chi connectivity index (χ4v) is 1.62. The van der Waals surface area contributed by atoms with Crippen LogP contribution in [0.5, 0.6) is 0 Å². The van der Waals surface area contributed by atoms with Gasteiger partial charge in [-0.3, -0.25) is 0 Å². The van der Waals surface area contributed by atoms with E-state index in [-0.39, 0.29) is 12.1 Å². The van der Waals surface area contributed by atoms with Crippen molar-refractivity contribution in [3.63, 3.8) is 0 Å². The number of hydrogen-bond acceptors (Lipinski definition) is 2. The first-order chi connectivity index (χ1) is 7.04. The van der Waals surface area contributed by atoms with Crippen molar-refractivity contribution in [2.24, 2.45) is 5.73 Å². The zero-order valence-corrected chi connectivity index (χ0v) is 10.2. The molecule has 2 N–H and O–H groups in total. The Hall–Kier alpha value is -0.570. The average Bonchev–Trinajstić information content (AvgIpc) is 2.21. The van der Waals surface area contributed by atoms with Crippen LogP contribution in [0.25, 0.3) is 0 Å². The van der Waals surface area contributed by atoms with Gasteiger partial charge < -0.3 is 10.5 Å². The maximum Gasteiger partial charge on any atom is 0.0561 e. The molecule has 0 radical (unpaired) electrons. The summed E-state index contributed by atoms with van der Waals surface area (Å²) < 4.78 is 5.18. The molecule has 1 rings (SSSR count). The number of benzene rings is 1. The van der Waals surface area contributed by atoms with Crippen LogP contribution in [0.3, 0.4) is 0 Å². The summed E-state index contributed by atoms with van der Waals surface area (Å²) in [5, 5.41) is 0.771. The van der Waals surface area contributed by atoms with Crippen LogP contribution in [0.4, 0.5) is 0 Å². The fraction of sp³-hybridized carbons (Fsp3) is 0.500. The molecule has 0 aliphatic carbocycles. The van der Waals surface area contributed by atoms with E-state index in [0.717, 1.165) is 22.6 Å². The Kier molecular flexibility index (Phi) is 4.58. The number of rotatable bonds is 4. The van der Waals surface area contributed by atoms with Gasteiger partial charge in [-0.25, -0.2) is 0 Å². The van der Waals surface area contributed by atoms with Gasteiger partial charge >= 0.3 is 0 Å². The highest BCUT2D eigenvalue weighted by Crippen LogP contribution is 2.23. The molecule has 1 aromatic carbocycles. The van der Waals surface area contributed by atoms with Crippen LogP contribution in [0, 0.1) is 6.92 Å². The van der Waals surface area contributed by atoms with Gasteiger partial charge in [0, 0.05) is 18.2 Å². The topological polar surface area (TPSA) is 35.2 Å². The van der Waals surface area contributed by atoms with Crippen LogP contribution in [0.1, 0.15) is 30.5 Å². The highest BCUT2D eigenvalue weighted by Gasteiger charge is 2.11. The third kappa shape index (κ3) is 3.49. The van der Waals surface area contributed by atoms with Crippen LogP contribution in [0.2, 0.25) is 5.02 Å². The Balaban J connectivity index is 2.73. The van der Waals surface area contributed by atoms with Crippen LogP contribution in [-0.4, -0.2) is 13.2 Å². The number of hydrogen-bond donors (Lipinski definition) is 1. The van der Waals surface area contributed by atoms with Crippen molar-refractivity contribution in [1.82, 2.24) is 0 Å². The standard InChI is InChI=1S/C12H18ClNO/c1-8-4-5-10(7-11(8)13)12(14)6-9(2)15-3/h4-5,7,9,12H,6,14H2,1-3H3. The molecule has 2 unspecified atom stereocenters.